The third kappa shape index (κ3) is 4.26. The first kappa shape index (κ1) is 19.8. The number of carbonyl (C=O) groups excluding carboxylic acids is 1. The second-order valence-electron chi connectivity index (χ2n) is 8.05. The monoisotopic (exact) mass is 391 g/mol. The second kappa shape index (κ2) is 8.47. The van der Waals surface area contributed by atoms with Crippen LogP contribution in [0.25, 0.3) is 0 Å². The van der Waals surface area contributed by atoms with E-state index in [1.165, 1.54) is 22.3 Å². The predicted molar refractivity (Wildman–Crippen MR) is 115 cm³/mol. The van der Waals surface area contributed by atoms with Gasteiger partial charge in [-0.3, -0.25) is 9.69 Å². The van der Waals surface area contributed by atoms with Crippen LogP contribution >= 0.6 is 0 Å². The minimum atomic E-state index is -0.0543. The molecule has 1 atom stereocenters. The maximum atomic E-state index is 13.2. The average Bonchev–Trinajstić information content (AvgIpc) is 3.16. The highest BCUT2D eigenvalue weighted by atomic mass is 16.5. The summed E-state index contributed by atoms with van der Waals surface area (Å²) in [6.45, 7) is 9.68. The van der Waals surface area contributed by atoms with Crippen LogP contribution in [-0.4, -0.2) is 54.4 Å². The van der Waals surface area contributed by atoms with Crippen LogP contribution in [-0.2, 0) is 9.53 Å². The summed E-state index contributed by atoms with van der Waals surface area (Å²) in [7, 11) is 0. The van der Waals surface area contributed by atoms with Gasteiger partial charge >= 0.3 is 0 Å². The molecule has 2 heterocycles. The highest BCUT2D eigenvalue weighted by Gasteiger charge is 2.34. The molecule has 2 aliphatic heterocycles. The Hall–Kier alpha value is -2.50. The van der Waals surface area contributed by atoms with Crippen molar-refractivity contribution in [2.45, 2.75) is 33.2 Å². The summed E-state index contributed by atoms with van der Waals surface area (Å²) in [5.41, 5.74) is 6.97. The van der Waals surface area contributed by atoms with Gasteiger partial charge in [0.2, 0.25) is 0 Å². The third-order valence-electron chi connectivity index (χ3n) is 6.02. The maximum absolute atomic E-state index is 13.2. The largest absolute Gasteiger partial charge is 0.379 e. The normalized spacial score (nSPS) is 20.0. The number of amides is 1. The lowest BCUT2D eigenvalue weighted by molar-refractivity contribution is -0.135. The van der Waals surface area contributed by atoms with Gasteiger partial charge in [0.25, 0.3) is 5.91 Å². The van der Waals surface area contributed by atoms with Crippen molar-refractivity contribution < 1.29 is 9.53 Å². The van der Waals surface area contributed by atoms with Crippen LogP contribution in [0.15, 0.2) is 47.6 Å². The van der Waals surface area contributed by atoms with Crippen molar-refractivity contribution in [2.75, 3.05) is 32.8 Å². The summed E-state index contributed by atoms with van der Waals surface area (Å²) in [4.78, 5) is 15.4. The first-order valence-corrected chi connectivity index (χ1v) is 10.4. The molecule has 0 aliphatic carbocycles. The molecule has 0 bridgehead atoms. The number of benzene rings is 2. The van der Waals surface area contributed by atoms with Crippen molar-refractivity contribution in [3.63, 3.8) is 0 Å². The summed E-state index contributed by atoms with van der Waals surface area (Å²) in [5, 5.41) is 6.56. The second-order valence-corrected chi connectivity index (χ2v) is 8.05. The molecule has 0 spiro atoms. The van der Waals surface area contributed by atoms with E-state index in [9.17, 15) is 4.79 Å². The SMILES string of the molecule is Cc1ccc(C2=NN(C(=O)CN3CCOCC3)[C@@H](c3ccccc3C)C2)cc1C. The van der Waals surface area contributed by atoms with Crippen molar-refractivity contribution in [1.82, 2.24) is 9.91 Å². The molecule has 2 aromatic carbocycles. The fourth-order valence-electron chi connectivity index (χ4n) is 4.06. The number of hydrogen-bond acceptors (Lipinski definition) is 4. The molecule has 0 saturated carbocycles. The van der Waals surface area contributed by atoms with E-state index >= 15 is 0 Å². The van der Waals surface area contributed by atoms with Gasteiger partial charge in [-0.2, -0.15) is 5.10 Å². The van der Waals surface area contributed by atoms with Gasteiger partial charge in [0.1, 0.15) is 0 Å². The molecule has 0 radical (unpaired) electrons. The van der Waals surface area contributed by atoms with Crippen LogP contribution in [0.1, 0.15) is 40.3 Å². The molecule has 1 fully saturated rings. The van der Waals surface area contributed by atoms with E-state index in [1.807, 2.05) is 12.1 Å². The molecule has 0 N–H and O–H groups in total. The van der Waals surface area contributed by atoms with Crippen molar-refractivity contribution in [3.05, 3.63) is 70.3 Å². The summed E-state index contributed by atoms with van der Waals surface area (Å²) in [6.07, 6.45) is 0.738. The van der Waals surface area contributed by atoms with E-state index in [0.29, 0.717) is 19.8 Å². The van der Waals surface area contributed by atoms with Crippen LogP contribution in [0.3, 0.4) is 0 Å². The Kier molecular flexibility index (Phi) is 5.79. The summed E-state index contributed by atoms with van der Waals surface area (Å²) in [6, 6.07) is 14.7. The van der Waals surface area contributed by atoms with E-state index in [1.54, 1.807) is 5.01 Å². The fourth-order valence-corrected chi connectivity index (χ4v) is 4.06. The Morgan fingerprint density at radius 1 is 1.03 bits per heavy atom. The Labute approximate surface area is 173 Å². The topological polar surface area (TPSA) is 45.1 Å². The van der Waals surface area contributed by atoms with Crippen molar-refractivity contribution in [3.8, 4) is 0 Å². The Morgan fingerprint density at radius 2 is 1.79 bits per heavy atom. The number of carbonyl (C=O) groups is 1. The van der Waals surface area contributed by atoms with Gasteiger partial charge < -0.3 is 4.74 Å². The van der Waals surface area contributed by atoms with E-state index in [-0.39, 0.29) is 11.9 Å². The lowest BCUT2D eigenvalue weighted by Crippen LogP contribution is -2.43. The number of hydrogen-bond donors (Lipinski definition) is 0. The zero-order chi connectivity index (χ0) is 20.4. The van der Waals surface area contributed by atoms with E-state index < -0.39 is 0 Å². The van der Waals surface area contributed by atoms with Gasteiger partial charge in [-0.1, -0.05) is 36.4 Å². The number of nitrogens with zero attached hydrogens (tertiary/aromatic N) is 3. The molecule has 4 rings (SSSR count). The molecule has 29 heavy (non-hydrogen) atoms. The van der Waals surface area contributed by atoms with Gasteiger partial charge in [-0.15, -0.1) is 0 Å². The average molecular weight is 392 g/mol. The molecule has 0 unspecified atom stereocenters. The number of ether oxygens (including phenoxy) is 1. The van der Waals surface area contributed by atoms with E-state index in [4.69, 9.17) is 9.84 Å². The lowest BCUT2D eigenvalue weighted by Gasteiger charge is -2.29. The molecule has 5 nitrogen and oxygen atoms in total. The van der Waals surface area contributed by atoms with Crippen LogP contribution in [0.2, 0.25) is 0 Å². The standard InChI is InChI=1S/C24H29N3O2/c1-17-8-9-20(14-19(17)3)22-15-23(21-7-5-4-6-18(21)2)27(25-22)24(28)16-26-10-12-29-13-11-26/h4-9,14,23H,10-13,15-16H2,1-3H3/t23-/m1/s1. The smallest absolute Gasteiger partial charge is 0.257 e. The van der Waals surface area contributed by atoms with Crippen molar-refractivity contribution in [2.24, 2.45) is 5.10 Å². The number of hydrazone groups is 1. The molecular weight excluding hydrogens is 362 g/mol. The molecule has 2 aromatic rings. The zero-order valence-electron chi connectivity index (χ0n) is 17.5. The molecule has 2 aliphatic rings. The molecular formula is C24H29N3O2. The van der Waals surface area contributed by atoms with Crippen LogP contribution < -0.4 is 0 Å². The van der Waals surface area contributed by atoms with Gasteiger partial charge in [-0.25, -0.2) is 5.01 Å². The van der Waals surface area contributed by atoms with Crippen LogP contribution in [0.5, 0.6) is 0 Å². The lowest BCUT2D eigenvalue weighted by atomic mass is 9.94. The number of morpholine rings is 1. The minimum absolute atomic E-state index is 0.0543. The van der Waals surface area contributed by atoms with Gasteiger partial charge in [0.15, 0.2) is 0 Å². The van der Waals surface area contributed by atoms with Gasteiger partial charge in [0, 0.05) is 19.5 Å². The Bertz CT molecular complexity index is 931. The fraction of sp³-hybridized carbons (Fsp3) is 0.417. The molecule has 1 saturated heterocycles. The molecule has 1 amide bonds. The quantitative estimate of drug-likeness (QED) is 0.800. The molecule has 152 valence electrons. The Balaban J connectivity index is 1.64. The third-order valence-corrected chi connectivity index (χ3v) is 6.02. The summed E-state index contributed by atoms with van der Waals surface area (Å²) >= 11 is 0. The van der Waals surface area contributed by atoms with E-state index in [0.717, 1.165) is 30.8 Å². The van der Waals surface area contributed by atoms with Crippen molar-refractivity contribution >= 4 is 11.6 Å². The summed E-state index contributed by atoms with van der Waals surface area (Å²) < 4.78 is 5.41. The minimum Gasteiger partial charge on any atom is -0.379 e. The predicted octanol–water partition coefficient (Wildman–Crippen LogP) is 3.62. The van der Waals surface area contributed by atoms with Crippen LogP contribution in [0, 0.1) is 20.8 Å². The highest BCUT2D eigenvalue weighted by Crippen LogP contribution is 2.34. The van der Waals surface area contributed by atoms with Crippen molar-refractivity contribution in [1.29, 1.82) is 0 Å². The highest BCUT2D eigenvalue weighted by molar-refractivity contribution is 6.03. The molecule has 5 heteroatoms. The summed E-state index contributed by atoms with van der Waals surface area (Å²) in [5.74, 6) is 0.0546. The van der Waals surface area contributed by atoms with E-state index in [2.05, 4.69) is 56.0 Å². The van der Waals surface area contributed by atoms with Crippen LogP contribution in [0.4, 0.5) is 0 Å². The van der Waals surface area contributed by atoms with Gasteiger partial charge in [0.05, 0.1) is 31.5 Å². The maximum Gasteiger partial charge on any atom is 0.257 e. The first-order chi connectivity index (χ1) is 14.0. The Morgan fingerprint density at radius 3 is 2.52 bits per heavy atom. The van der Waals surface area contributed by atoms with Gasteiger partial charge in [-0.05, 0) is 54.7 Å². The zero-order valence-corrected chi connectivity index (χ0v) is 17.5. The first-order valence-electron chi connectivity index (χ1n) is 10.4. The number of aryl methyl sites for hydroxylation is 3. The number of rotatable bonds is 4. The molecule has 0 aromatic heterocycles.